The van der Waals surface area contributed by atoms with Gasteiger partial charge in [0.15, 0.2) is 0 Å². The smallest absolute Gasteiger partial charge is 0.406 e. The van der Waals surface area contributed by atoms with Gasteiger partial charge in [0.25, 0.3) is 5.91 Å². The molecule has 0 radical (unpaired) electrons. The van der Waals surface area contributed by atoms with Crippen molar-refractivity contribution in [3.8, 4) is 11.5 Å². The van der Waals surface area contributed by atoms with Crippen molar-refractivity contribution in [2.75, 3.05) is 6.54 Å². The first-order valence-corrected chi connectivity index (χ1v) is 5.52. The van der Waals surface area contributed by atoms with Crippen LogP contribution in [0, 0.1) is 0 Å². The summed E-state index contributed by atoms with van der Waals surface area (Å²) in [5.74, 6) is -2.18. The number of amides is 1. The minimum atomic E-state index is -4.56. The standard InChI is InChI=1S/C12H14F3NO3/c1-7(2)16(6-12(13,14)15)11(19)10-8(17)4-3-5-9(10)18/h3-5,7,17-18H,6H2,1-2H3. The third kappa shape index (κ3) is 3.77. The predicted molar refractivity (Wildman–Crippen MR) is 62.0 cm³/mol. The number of phenolic OH excluding ortho intramolecular Hbond substituents is 2. The number of halogens is 3. The van der Waals surface area contributed by atoms with E-state index in [1.165, 1.54) is 19.9 Å². The summed E-state index contributed by atoms with van der Waals surface area (Å²) in [5, 5.41) is 19.0. The van der Waals surface area contributed by atoms with Gasteiger partial charge in [-0.2, -0.15) is 13.2 Å². The Morgan fingerprint density at radius 3 is 2.11 bits per heavy atom. The molecule has 0 spiro atoms. The highest BCUT2D eigenvalue weighted by molar-refractivity contribution is 5.99. The summed E-state index contributed by atoms with van der Waals surface area (Å²) in [6, 6.07) is 2.80. The van der Waals surface area contributed by atoms with Gasteiger partial charge in [-0.15, -0.1) is 0 Å². The van der Waals surface area contributed by atoms with Gasteiger partial charge in [-0.1, -0.05) is 6.07 Å². The van der Waals surface area contributed by atoms with Gasteiger partial charge in [-0.05, 0) is 26.0 Å². The van der Waals surface area contributed by atoms with Crippen molar-refractivity contribution in [1.29, 1.82) is 0 Å². The Morgan fingerprint density at radius 1 is 1.26 bits per heavy atom. The summed E-state index contributed by atoms with van der Waals surface area (Å²) >= 11 is 0. The number of aromatic hydroxyl groups is 2. The summed E-state index contributed by atoms with van der Waals surface area (Å²) in [7, 11) is 0. The number of nitrogens with zero attached hydrogens (tertiary/aromatic N) is 1. The molecule has 0 heterocycles. The van der Waals surface area contributed by atoms with Crippen LogP contribution in [0.3, 0.4) is 0 Å². The van der Waals surface area contributed by atoms with Gasteiger partial charge in [-0.25, -0.2) is 0 Å². The number of alkyl halides is 3. The van der Waals surface area contributed by atoms with Gasteiger partial charge in [-0.3, -0.25) is 4.79 Å². The number of carbonyl (C=O) groups is 1. The predicted octanol–water partition coefficient (Wildman–Crippen LogP) is 2.51. The molecule has 19 heavy (non-hydrogen) atoms. The Hall–Kier alpha value is -1.92. The summed E-state index contributed by atoms with van der Waals surface area (Å²) in [6.45, 7) is 1.39. The van der Waals surface area contributed by atoms with Crippen molar-refractivity contribution in [1.82, 2.24) is 4.90 Å². The normalized spacial score (nSPS) is 11.7. The van der Waals surface area contributed by atoms with Crippen LogP contribution in [0.1, 0.15) is 24.2 Å². The van der Waals surface area contributed by atoms with Gasteiger partial charge < -0.3 is 15.1 Å². The molecule has 7 heteroatoms. The Kier molecular flexibility index (Phi) is 4.28. The second-order valence-electron chi connectivity index (χ2n) is 4.31. The molecule has 0 saturated carbocycles. The van der Waals surface area contributed by atoms with E-state index in [4.69, 9.17) is 0 Å². The molecular weight excluding hydrogens is 263 g/mol. The number of hydrogen-bond donors (Lipinski definition) is 2. The lowest BCUT2D eigenvalue weighted by molar-refractivity contribution is -0.143. The van der Waals surface area contributed by atoms with Crippen LogP contribution in [0.25, 0.3) is 0 Å². The lowest BCUT2D eigenvalue weighted by Crippen LogP contribution is -2.43. The van der Waals surface area contributed by atoms with Gasteiger partial charge in [0.2, 0.25) is 0 Å². The fraction of sp³-hybridized carbons (Fsp3) is 0.417. The minimum absolute atomic E-state index is 0.527. The van der Waals surface area contributed by atoms with Crippen molar-refractivity contribution in [3.63, 3.8) is 0 Å². The second kappa shape index (κ2) is 5.38. The topological polar surface area (TPSA) is 60.8 Å². The third-order valence-corrected chi connectivity index (χ3v) is 2.47. The van der Waals surface area contributed by atoms with Gasteiger partial charge >= 0.3 is 6.18 Å². The average molecular weight is 277 g/mol. The Labute approximate surface area is 108 Å². The lowest BCUT2D eigenvalue weighted by Gasteiger charge is -2.28. The largest absolute Gasteiger partial charge is 0.507 e. The summed E-state index contributed by atoms with van der Waals surface area (Å²) in [4.78, 5) is 12.5. The number of phenols is 2. The molecule has 1 rings (SSSR count). The van der Waals surface area contributed by atoms with Crippen molar-refractivity contribution in [3.05, 3.63) is 23.8 Å². The van der Waals surface area contributed by atoms with E-state index in [0.717, 1.165) is 12.1 Å². The van der Waals surface area contributed by atoms with E-state index in [1.807, 2.05) is 0 Å². The van der Waals surface area contributed by atoms with Crippen molar-refractivity contribution in [2.24, 2.45) is 0 Å². The van der Waals surface area contributed by atoms with Crippen LogP contribution in [0.2, 0.25) is 0 Å². The number of benzene rings is 1. The second-order valence-corrected chi connectivity index (χ2v) is 4.31. The molecular formula is C12H14F3NO3. The van der Waals surface area contributed by atoms with E-state index >= 15 is 0 Å². The van der Waals surface area contributed by atoms with E-state index in [0.29, 0.717) is 4.90 Å². The molecule has 0 bridgehead atoms. The summed E-state index contributed by atoms with van der Waals surface area (Å²) in [6.07, 6.45) is -4.56. The van der Waals surface area contributed by atoms with Crippen LogP contribution < -0.4 is 0 Å². The van der Waals surface area contributed by atoms with Gasteiger partial charge in [0.1, 0.15) is 23.6 Å². The first-order valence-electron chi connectivity index (χ1n) is 5.52. The Morgan fingerprint density at radius 2 is 1.74 bits per heavy atom. The molecule has 0 fully saturated rings. The zero-order chi connectivity index (χ0) is 14.8. The van der Waals surface area contributed by atoms with E-state index in [1.54, 1.807) is 0 Å². The molecule has 0 atom stereocenters. The highest BCUT2D eigenvalue weighted by atomic mass is 19.4. The zero-order valence-corrected chi connectivity index (χ0v) is 10.4. The molecule has 106 valence electrons. The van der Waals surface area contributed by atoms with Gasteiger partial charge in [0, 0.05) is 6.04 Å². The average Bonchev–Trinajstić information content (AvgIpc) is 2.23. The number of rotatable bonds is 3. The Bertz CT molecular complexity index is 452. The first kappa shape index (κ1) is 15.1. The fourth-order valence-electron chi connectivity index (χ4n) is 1.57. The lowest BCUT2D eigenvalue weighted by atomic mass is 10.1. The van der Waals surface area contributed by atoms with Crippen LogP contribution in [0.15, 0.2) is 18.2 Å². The maximum Gasteiger partial charge on any atom is 0.406 e. The van der Waals surface area contributed by atoms with E-state index < -0.39 is 41.7 Å². The maximum absolute atomic E-state index is 12.4. The molecule has 0 saturated heterocycles. The van der Waals surface area contributed by atoms with Crippen LogP contribution in [0.5, 0.6) is 11.5 Å². The summed E-state index contributed by atoms with van der Waals surface area (Å²) < 4.78 is 37.3. The van der Waals surface area contributed by atoms with Crippen molar-refractivity contribution >= 4 is 5.91 Å². The molecule has 0 aliphatic rings. The Balaban J connectivity index is 3.14. The van der Waals surface area contributed by atoms with Crippen LogP contribution in [-0.4, -0.2) is 39.8 Å². The fourth-order valence-corrected chi connectivity index (χ4v) is 1.57. The monoisotopic (exact) mass is 277 g/mol. The molecule has 0 aliphatic carbocycles. The van der Waals surface area contributed by atoms with Crippen molar-refractivity contribution in [2.45, 2.75) is 26.1 Å². The third-order valence-electron chi connectivity index (χ3n) is 2.47. The molecule has 4 nitrogen and oxygen atoms in total. The van der Waals surface area contributed by atoms with Crippen LogP contribution in [-0.2, 0) is 0 Å². The quantitative estimate of drug-likeness (QED) is 0.892. The van der Waals surface area contributed by atoms with Gasteiger partial charge in [0.05, 0.1) is 0 Å². The van der Waals surface area contributed by atoms with E-state index in [9.17, 15) is 28.2 Å². The van der Waals surface area contributed by atoms with E-state index in [2.05, 4.69) is 0 Å². The number of hydrogen-bond acceptors (Lipinski definition) is 3. The number of carbonyl (C=O) groups excluding carboxylic acids is 1. The minimum Gasteiger partial charge on any atom is -0.507 e. The molecule has 1 aromatic rings. The highest BCUT2D eigenvalue weighted by Gasteiger charge is 2.36. The molecule has 2 N–H and O–H groups in total. The van der Waals surface area contributed by atoms with Crippen LogP contribution >= 0.6 is 0 Å². The molecule has 1 aromatic carbocycles. The first-order chi connectivity index (χ1) is 8.63. The SMILES string of the molecule is CC(C)N(CC(F)(F)F)C(=O)c1c(O)cccc1O. The molecule has 0 unspecified atom stereocenters. The summed E-state index contributed by atoms with van der Waals surface area (Å²) in [5.41, 5.74) is -0.527. The van der Waals surface area contributed by atoms with E-state index in [-0.39, 0.29) is 0 Å². The van der Waals surface area contributed by atoms with Crippen LogP contribution in [0.4, 0.5) is 13.2 Å². The molecule has 1 amide bonds. The molecule has 0 aromatic heterocycles. The zero-order valence-electron chi connectivity index (χ0n) is 10.4. The molecule has 0 aliphatic heterocycles. The maximum atomic E-state index is 12.4. The highest BCUT2D eigenvalue weighted by Crippen LogP contribution is 2.29. The van der Waals surface area contributed by atoms with Crippen molar-refractivity contribution < 1.29 is 28.2 Å².